The summed E-state index contributed by atoms with van der Waals surface area (Å²) in [5.41, 5.74) is 4.37. The number of nitrogens with zero attached hydrogens (tertiary/aromatic N) is 2. The van der Waals surface area contributed by atoms with Crippen molar-refractivity contribution < 1.29 is 9.53 Å². The quantitative estimate of drug-likeness (QED) is 0.531. The summed E-state index contributed by atoms with van der Waals surface area (Å²) in [5.74, 6) is 1.51. The molecule has 0 aliphatic rings. The van der Waals surface area contributed by atoms with Gasteiger partial charge in [-0.25, -0.2) is 4.98 Å². The number of nitrogens with one attached hydrogen (secondary N) is 2. The molecule has 1 amide bonds. The van der Waals surface area contributed by atoms with E-state index >= 15 is 0 Å². The summed E-state index contributed by atoms with van der Waals surface area (Å²) in [6.45, 7) is 0. The molecule has 0 atom stereocenters. The van der Waals surface area contributed by atoms with Gasteiger partial charge in [-0.15, -0.1) is 0 Å². The number of hydrogen-bond donors (Lipinski definition) is 2. The molecular weight excluding hydrogens is 352 g/mol. The van der Waals surface area contributed by atoms with Crippen LogP contribution in [0.5, 0.6) is 5.75 Å². The molecule has 0 saturated carbocycles. The molecule has 6 heteroatoms. The predicted octanol–water partition coefficient (Wildman–Crippen LogP) is 4.20. The van der Waals surface area contributed by atoms with Crippen molar-refractivity contribution in [1.29, 1.82) is 0 Å². The second kappa shape index (κ2) is 7.92. The van der Waals surface area contributed by atoms with Gasteiger partial charge in [-0.3, -0.25) is 9.78 Å². The number of rotatable bonds is 6. The van der Waals surface area contributed by atoms with Crippen LogP contribution in [0.4, 0.5) is 5.69 Å². The molecule has 0 spiro atoms. The largest absolute Gasteiger partial charge is 0.496 e. The van der Waals surface area contributed by atoms with Crippen LogP contribution in [-0.2, 0) is 11.2 Å². The van der Waals surface area contributed by atoms with E-state index in [4.69, 9.17) is 4.74 Å². The summed E-state index contributed by atoms with van der Waals surface area (Å²) >= 11 is 0. The summed E-state index contributed by atoms with van der Waals surface area (Å²) < 4.78 is 5.34. The number of carbonyl (C=O) groups is 1. The van der Waals surface area contributed by atoms with Gasteiger partial charge in [-0.2, -0.15) is 0 Å². The van der Waals surface area contributed by atoms with Crippen molar-refractivity contribution in [2.24, 2.45) is 0 Å². The molecule has 0 aliphatic heterocycles. The van der Waals surface area contributed by atoms with Gasteiger partial charge >= 0.3 is 0 Å². The zero-order chi connectivity index (χ0) is 19.3. The second-order valence-electron chi connectivity index (χ2n) is 6.42. The third-order valence-corrected chi connectivity index (χ3v) is 4.51. The van der Waals surface area contributed by atoms with Gasteiger partial charge < -0.3 is 15.0 Å². The average Bonchev–Trinajstić information content (AvgIpc) is 3.16. The van der Waals surface area contributed by atoms with E-state index in [1.54, 1.807) is 19.5 Å². The van der Waals surface area contributed by atoms with Gasteiger partial charge in [0.15, 0.2) is 0 Å². The lowest BCUT2D eigenvalue weighted by Crippen LogP contribution is -2.12. The number of para-hydroxylation sites is 1. The number of H-pyrrole nitrogens is 1. The third-order valence-electron chi connectivity index (χ3n) is 4.51. The minimum atomic E-state index is -0.0442. The van der Waals surface area contributed by atoms with Gasteiger partial charge in [0.25, 0.3) is 0 Å². The Hall–Kier alpha value is -3.67. The van der Waals surface area contributed by atoms with Crippen molar-refractivity contribution in [1.82, 2.24) is 15.0 Å². The van der Waals surface area contributed by atoms with Crippen LogP contribution < -0.4 is 10.1 Å². The van der Waals surface area contributed by atoms with Crippen molar-refractivity contribution >= 4 is 22.6 Å². The molecule has 0 bridgehead atoms. The number of carbonyl (C=O) groups excluding carboxylic acids is 1. The van der Waals surface area contributed by atoms with Gasteiger partial charge in [0.1, 0.15) is 11.6 Å². The number of ether oxygens (including phenoxy) is 1. The molecule has 0 unspecified atom stereocenters. The third kappa shape index (κ3) is 3.86. The molecule has 140 valence electrons. The second-order valence-corrected chi connectivity index (χ2v) is 6.42. The molecule has 2 aromatic carbocycles. The number of amides is 1. The highest BCUT2D eigenvalue weighted by Crippen LogP contribution is 2.23. The Morgan fingerprint density at radius 1 is 1.14 bits per heavy atom. The van der Waals surface area contributed by atoms with Gasteiger partial charge in [-0.05, 0) is 48.4 Å². The number of hydrogen-bond acceptors (Lipinski definition) is 4. The van der Waals surface area contributed by atoms with Crippen molar-refractivity contribution in [2.45, 2.75) is 12.8 Å². The molecule has 2 heterocycles. The van der Waals surface area contributed by atoms with Crippen molar-refractivity contribution in [3.63, 3.8) is 0 Å². The fourth-order valence-electron chi connectivity index (χ4n) is 3.11. The molecule has 2 aromatic heterocycles. The summed E-state index contributed by atoms with van der Waals surface area (Å²) in [6.07, 6.45) is 4.48. The van der Waals surface area contributed by atoms with Crippen LogP contribution in [0.1, 0.15) is 12.0 Å². The molecule has 0 fully saturated rings. The lowest BCUT2D eigenvalue weighted by Gasteiger charge is -2.08. The zero-order valence-corrected chi connectivity index (χ0v) is 15.5. The molecule has 0 aliphatic carbocycles. The van der Waals surface area contributed by atoms with E-state index in [0.29, 0.717) is 12.8 Å². The van der Waals surface area contributed by atoms with E-state index in [1.807, 2.05) is 54.6 Å². The summed E-state index contributed by atoms with van der Waals surface area (Å²) in [6, 6.07) is 17.2. The number of pyridine rings is 1. The highest BCUT2D eigenvalue weighted by Gasteiger charge is 2.09. The maximum absolute atomic E-state index is 12.4. The van der Waals surface area contributed by atoms with E-state index < -0.39 is 0 Å². The van der Waals surface area contributed by atoms with E-state index in [9.17, 15) is 4.79 Å². The van der Waals surface area contributed by atoms with Gasteiger partial charge in [0, 0.05) is 30.1 Å². The maximum Gasteiger partial charge on any atom is 0.224 e. The highest BCUT2D eigenvalue weighted by molar-refractivity contribution is 5.93. The fraction of sp³-hybridized carbons (Fsp3) is 0.136. The molecule has 0 radical (unpaired) electrons. The smallest absolute Gasteiger partial charge is 0.224 e. The van der Waals surface area contributed by atoms with Crippen LogP contribution in [0.2, 0.25) is 0 Å². The van der Waals surface area contributed by atoms with E-state index in [-0.39, 0.29) is 5.91 Å². The van der Waals surface area contributed by atoms with Crippen LogP contribution in [0.15, 0.2) is 67.0 Å². The van der Waals surface area contributed by atoms with Gasteiger partial charge in [-0.1, -0.05) is 18.2 Å². The SMILES string of the molecule is COc1ccccc1CCC(=O)Nc1ccc2nc(-c3cccnc3)[nH]c2c1. The molecule has 0 saturated heterocycles. The van der Waals surface area contributed by atoms with Gasteiger partial charge in [0.2, 0.25) is 5.91 Å². The summed E-state index contributed by atoms with van der Waals surface area (Å²) in [7, 11) is 1.64. The number of aromatic amines is 1. The molecule has 6 nitrogen and oxygen atoms in total. The number of anilines is 1. The Bertz CT molecular complexity index is 1110. The standard InChI is InChI=1S/C22H20N4O2/c1-28-20-7-3-2-5-15(20)8-11-21(27)24-17-9-10-18-19(13-17)26-22(25-18)16-6-4-12-23-14-16/h2-7,9-10,12-14H,8,11H2,1H3,(H,24,27)(H,25,26). The average molecular weight is 372 g/mol. The van der Waals surface area contributed by atoms with Crippen LogP contribution in [0.3, 0.4) is 0 Å². The number of imidazole rings is 1. The Morgan fingerprint density at radius 2 is 2.04 bits per heavy atom. The summed E-state index contributed by atoms with van der Waals surface area (Å²) in [5, 5.41) is 2.95. The Labute approximate surface area is 162 Å². The number of methoxy groups -OCH3 is 1. The highest BCUT2D eigenvalue weighted by atomic mass is 16.5. The van der Waals surface area contributed by atoms with Crippen molar-refractivity contribution in [2.75, 3.05) is 12.4 Å². The first-order chi connectivity index (χ1) is 13.7. The Morgan fingerprint density at radius 3 is 2.86 bits per heavy atom. The van der Waals surface area contributed by atoms with E-state index in [2.05, 4.69) is 20.3 Å². The van der Waals surface area contributed by atoms with Crippen molar-refractivity contribution in [3.05, 3.63) is 72.6 Å². The zero-order valence-electron chi connectivity index (χ0n) is 15.5. The maximum atomic E-state index is 12.4. The molecule has 2 N–H and O–H groups in total. The lowest BCUT2D eigenvalue weighted by molar-refractivity contribution is -0.116. The van der Waals surface area contributed by atoms with Crippen LogP contribution in [0.25, 0.3) is 22.4 Å². The Balaban J connectivity index is 1.45. The first kappa shape index (κ1) is 17.7. The molecule has 28 heavy (non-hydrogen) atoms. The molecular formula is C22H20N4O2. The predicted molar refractivity (Wildman–Crippen MR) is 109 cm³/mol. The Kier molecular flexibility index (Phi) is 5.01. The van der Waals surface area contributed by atoms with Crippen molar-refractivity contribution in [3.8, 4) is 17.1 Å². The van der Waals surface area contributed by atoms with E-state index in [0.717, 1.165) is 39.4 Å². The lowest BCUT2D eigenvalue weighted by atomic mass is 10.1. The van der Waals surface area contributed by atoms with E-state index in [1.165, 1.54) is 0 Å². The molecule has 4 aromatic rings. The fourth-order valence-corrected chi connectivity index (χ4v) is 3.11. The first-order valence-corrected chi connectivity index (χ1v) is 9.05. The minimum Gasteiger partial charge on any atom is -0.496 e. The first-order valence-electron chi connectivity index (χ1n) is 9.05. The number of benzene rings is 2. The van der Waals surface area contributed by atoms with Crippen LogP contribution in [0, 0.1) is 0 Å². The molecule has 4 rings (SSSR count). The number of aromatic nitrogens is 3. The minimum absolute atomic E-state index is 0.0442. The monoisotopic (exact) mass is 372 g/mol. The van der Waals surface area contributed by atoms with Crippen LogP contribution in [-0.4, -0.2) is 28.0 Å². The topological polar surface area (TPSA) is 79.9 Å². The normalized spacial score (nSPS) is 10.8. The number of aryl methyl sites for hydroxylation is 1. The number of fused-ring (bicyclic) bond motifs is 1. The van der Waals surface area contributed by atoms with Gasteiger partial charge in [0.05, 0.1) is 18.1 Å². The summed E-state index contributed by atoms with van der Waals surface area (Å²) in [4.78, 5) is 24.3. The van der Waals surface area contributed by atoms with Crippen LogP contribution >= 0.6 is 0 Å².